The van der Waals surface area contributed by atoms with E-state index in [1.807, 2.05) is 36.4 Å². The summed E-state index contributed by atoms with van der Waals surface area (Å²) in [7, 11) is 5.04. The first-order valence-corrected chi connectivity index (χ1v) is 18.7. The molecule has 0 radical (unpaired) electrons. The molecule has 1 atom stereocenters. The van der Waals surface area contributed by atoms with E-state index >= 15 is 0 Å². The molecule has 9 rings (SSSR count). The molecule has 7 nitrogen and oxygen atoms in total. The van der Waals surface area contributed by atoms with Crippen molar-refractivity contribution >= 4 is 22.5 Å². The lowest BCUT2D eigenvalue weighted by Gasteiger charge is -2.39. The SMILES string of the molecule is COc1ccc(C2(c3ccc(N4CCOCC4)cc3)C=Cc3c4c(c5cc(OC)c(OC)cc5c3O2)-c2ccc(-c3ccc(C#N)cc3)cc2C4(C)C)cc1. The van der Waals surface area contributed by atoms with Crippen molar-refractivity contribution in [1.29, 1.82) is 5.26 Å². The van der Waals surface area contributed by atoms with Crippen LogP contribution in [0.15, 0.2) is 109 Å². The molecule has 2 aliphatic heterocycles. The summed E-state index contributed by atoms with van der Waals surface area (Å²) in [5.74, 6) is 2.86. The average Bonchev–Trinajstić information content (AvgIpc) is 3.49. The molecule has 6 aromatic carbocycles. The van der Waals surface area contributed by atoms with Gasteiger partial charge in [-0.1, -0.05) is 68.5 Å². The minimum atomic E-state index is -0.949. The van der Waals surface area contributed by atoms with Gasteiger partial charge in [0.2, 0.25) is 0 Å². The third-order valence-corrected chi connectivity index (χ3v) is 11.7. The molecule has 0 N–H and O–H groups in total. The number of rotatable bonds is 7. The molecule has 0 spiro atoms. The van der Waals surface area contributed by atoms with E-state index in [4.69, 9.17) is 23.7 Å². The van der Waals surface area contributed by atoms with Gasteiger partial charge in [-0.2, -0.15) is 5.26 Å². The Hall–Kier alpha value is -6.23. The summed E-state index contributed by atoms with van der Waals surface area (Å²) in [6, 6.07) is 37.8. The predicted octanol–water partition coefficient (Wildman–Crippen LogP) is 9.90. The third kappa shape index (κ3) is 5.43. The Bertz CT molecular complexity index is 2530. The van der Waals surface area contributed by atoms with Crippen molar-refractivity contribution in [1.82, 2.24) is 0 Å². The van der Waals surface area contributed by atoms with Crippen molar-refractivity contribution < 1.29 is 23.7 Å². The fraction of sp³-hybridized carbons (Fsp3) is 0.229. The van der Waals surface area contributed by atoms with Crippen LogP contribution in [-0.4, -0.2) is 47.6 Å². The van der Waals surface area contributed by atoms with E-state index in [0.29, 0.717) is 17.1 Å². The highest BCUT2D eigenvalue weighted by atomic mass is 16.5. The van der Waals surface area contributed by atoms with Crippen molar-refractivity contribution in [3.63, 3.8) is 0 Å². The molecule has 1 fully saturated rings. The molecule has 0 bridgehead atoms. The zero-order valence-corrected chi connectivity index (χ0v) is 31.7. The molecular formula is C48H42N2O5. The highest BCUT2D eigenvalue weighted by molar-refractivity contribution is 6.10. The number of methoxy groups -OCH3 is 3. The number of hydrogen-bond donors (Lipinski definition) is 0. The summed E-state index contributed by atoms with van der Waals surface area (Å²) in [5.41, 5.74) is 10.5. The van der Waals surface area contributed by atoms with Gasteiger partial charge in [0, 0.05) is 46.3 Å². The normalized spacial score (nSPS) is 17.8. The molecule has 1 aliphatic carbocycles. The van der Waals surface area contributed by atoms with Gasteiger partial charge in [-0.3, -0.25) is 0 Å². The lowest BCUT2D eigenvalue weighted by Crippen LogP contribution is -2.37. The molecular weight excluding hydrogens is 685 g/mol. The Morgan fingerprint density at radius 3 is 1.98 bits per heavy atom. The monoisotopic (exact) mass is 726 g/mol. The molecule has 274 valence electrons. The van der Waals surface area contributed by atoms with Crippen molar-refractivity contribution in [2.75, 3.05) is 52.5 Å². The van der Waals surface area contributed by atoms with Crippen LogP contribution >= 0.6 is 0 Å². The molecule has 6 aromatic rings. The smallest absolute Gasteiger partial charge is 0.178 e. The van der Waals surface area contributed by atoms with Gasteiger partial charge in [0.15, 0.2) is 17.1 Å². The summed E-state index contributed by atoms with van der Waals surface area (Å²) in [4.78, 5) is 2.36. The minimum absolute atomic E-state index is 0.383. The highest BCUT2D eigenvalue weighted by Gasteiger charge is 2.45. The zero-order valence-electron chi connectivity index (χ0n) is 31.7. The fourth-order valence-electron chi connectivity index (χ4n) is 8.78. The van der Waals surface area contributed by atoms with Crippen molar-refractivity contribution in [3.05, 3.63) is 143 Å². The van der Waals surface area contributed by atoms with Crippen LogP contribution in [0.5, 0.6) is 23.0 Å². The van der Waals surface area contributed by atoms with E-state index in [1.54, 1.807) is 21.3 Å². The van der Waals surface area contributed by atoms with E-state index in [1.165, 1.54) is 22.3 Å². The fourth-order valence-corrected chi connectivity index (χ4v) is 8.78. The number of anilines is 1. The second kappa shape index (κ2) is 13.3. The summed E-state index contributed by atoms with van der Waals surface area (Å²) in [5, 5.41) is 11.4. The first-order valence-electron chi connectivity index (χ1n) is 18.7. The van der Waals surface area contributed by atoms with Crippen LogP contribution in [0.3, 0.4) is 0 Å². The Morgan fingerprint density at radius 1 is 0.709 bits per heavy atom. The number of fused-ring (bicyclic) bond motifs is 8. The lowest BCUT2D eigenvalue weighted by molar-refractivity contribution is 0.122. The van der Waals surface area contributed by atoms with Gasteiger partial charge >= 0.3 is 0 Å². The van der Waals surface area contributed by atoms with E-state index in [-0.39, 0.29) is 5.41 Å². The number of nitrogens with zero attached hydrogens (tertiary/aromatic N) is 2. The highest BCUT2D eigenvalue weighted by Crippen LogP contribution is 2.59. The van der Waals surface area contributed by atoms with Crippen LogP contribution < -0.4 is 23.8 Å². The van der Waals surface area contributed by atoms with E-state index in [9.17, 15) is 5.26 Å². The number of nitriles is 1. The molecule has 0 saturated carbocycles. The van der Waals surface area contributed by atoms with Crippen LogP contribution in [-0.2, 0) is 15.8 Å². The van der Waals surface area contributed by atoms with E-state index in [0.717, 1.165) is 82.1 Å². The van der Waals surface area contributed by atoms with Crippen LogP contribution in [0, 0.1) is 11.3 Å². The molecule has 1 saturated heterocycles. The van der Waals surface area contributed by atoms with Gasteiger partial charge < -0.3 is 28.6 Å². The number of morpholine rings is 1. The molecule has 0 amide bonds. The molecule has 0 aromatic heterocycles. The molecule has 1 unspecified atom stereocenters. The quantitative estimate of drug-likeness (QED) is 0.162. The summed E-state index contributed by atoms with van der Waals surface area (Å²) >= 11 is 0. The standard InChI is InChI=1S/C48H42N2O5/c1-47(2)41-26-32(31-8-6-30(29-49)7-9-31)10-19-37(41)44-39-27-42(52-4)43(53-5)28-40(39)46-38(45(44)47)20-21-48(55-46,34-13-17-36(51-3)18-14-34)33-11-15-35(16-12-33)50-22-24-54-25-23-50/h6-21,26-28H,22-25H2,1-5H3. The minimum Gasteiger partial charge on any atom is -0.497 e. The lowest BCUT2D eigenvalue weighted by atomic mass is 9.76. The van der Waals surface area contributed by atoms with Crippen LogP contribution in [0.2, 0.25) is 0 Å². The number of hydrogen-bond acceptors (Lipinski definition) is 7. The summed E-state index contributed by atoms with van der Waals surface area (Å²) < 4.78 is 30.6. The van der Waals surface area contributed by atoms with Crippen LogP contribution in [0.1, 0.15) is 47.2 Å². The maximum Gasteiger partial charge on any atom is 0.178 e. The van der Waals surface area contributed by atoms with Crippen molar-refractivity contribution in [2.45, 2.75) is 24.9 Å². The zero-order chi connectivity index (χ0) is 37.9. The maximum atomic E-state index is 9.40. The van der Waals surface area contributed by atoms with Crippen LogP contribution in [0.25, 0.3) is 39.1 Å². The van der Waals surface area contributed by atoms with Crippen LogP contribution in [0.4, 0.5) is 5.69 Å². The van der Waals surface area contributed by atoms with Gasteiger partial charge in [0.25, 0.3) is 0 Å². The Morgan fingerprint density at radius 2 is 1.35 bits per heavy atom. The topological polar surface area (TPSA) is 73.2 Å². The predicted molar refractivity (Wildman–Crippen MR) is 218 cm³/mol. The number of benzene rings is 6. The van der Waals surface area contributed by atoms with Gasteiger partial charge in [0.1, 0.15) is 11.5 Å². The van der Waals surface area contributed by atoms with Crippen molar-refractivity contribution in [3.8, 4) is 51.3 Å². The Kier molecular flexibility index (Phi) is 8.33. The summed E-state index contributed by atoms with van der Waals surface area (Å²) in [6.07, 6.45) is 4.48. The van der Waals surface area contributed by atoms with Gasteiger partial charge in [-0.05, 0) is 99.4 Å². The van der Waals surface area contributed by atoms with Crippen molar-refractivity contribution in [2.24, 2.45) is 0 Å². The number of ether oxygens (including phenoxy) is 5. The molecule has 7 heteroatoms. The second-order valence-electron chi connectivity index (χ2n) is 14.9. The third-order valence-electron chi connectivity index (χ3n) is 11.7. The van der Waals surface area contributed by atoms with Gasteiger partial charge in [-0.15, -0.1) is 0 Å². The summed E-state index contributed by atoms with van der Waals surface area (Å²) in [6.45, 7) is 7.78. The first-order chi connectivity index (χ1) is 26.8. The van der Waals surface area contributed by atoms with E-state index < -0.39 is 5.60 Å². The van der Waals surface area contributed by atoms with Gasteiger partial charge in [0.05, 0.1) is 46.2 Å². The Balaban J connectivity index is 1.27. The molecule has 2 heterocycles. The first kappa shape index (κ1) is 34.5. The average molecular weight is 727 g/mol. The largest absolute Gasteiger partial charge is 0.497 e. The molecule has 3 aliphatic rings. The van der Waals surface area contributed by atoms with Gasteiger partial charge in [-0.25, -0.2) is 0 Å². The Labute approximate surface area is 321 Å². The maximum absolute atomic E-state index is 9.40. The molecule has 55 heavy (non-hydrogen) atoms. The van der Waals surface area contributed by atoms with E-state index in [2.05, 4.69) is 104 Å². The second-order valence-corrected chi connectivity index (χ2v) is 14.9.